The maximum absolute atomic E-state index is 12.9. The lowest BCUT2D eigenvalue weighted by molar-refractivity contribution is 0.0312. The summed E-state index contributed by atoms with van der Waals surface area (Å²) in [5.41, 5.74) is 0.129. The van der Waals surface area contributed by atoms with Gasteiger partial charge in [0.1, 0.15) is 5.75 Å². The Hall–Kier alpha value is -3.48. The minimum Gasteiger partial charge on any atom is -0.494 e. The Labute approximate surface area is 174 Å². The summed E-state index contributed by atoms with van der Waals surface area (Å²) < 4.78 is 12.0. The maximum Gasteiger partial charge on any atom is 0.360 e. The van der Waals surface area contributed by atoms with Crippen LogP contribution in [0, 0.1) is 0 Å². The van der Waals surface area contributed by atoms with Crippen LogP contribution in [-0.4, -0.2) is 34.2 Å². The van der Waals surface area contributed by atoms with Crippen LogP contribution < -0.4 is 10.3 Å². The van der Waals surface area contributed by atoms with Gasteiger partial charge in [-0.3, -0.25) is 9.59 Å². The second-order valence-corrected chi connectivity index (χ2v) is 7.11. The molecule has 0 aliphatic carbocycles. The lowest BCUT2D eigenvalue weighted by atomic mass is 10.1. The van der Waals surface area contributed by atoms with Crippen LogP contribution in [0.2, 0.25) is 0 Å². The highest BCUT2D eigenvalue weighted by Crippen LogP contribution is 2.18. The molecular formula is C23H24N2O5. The first kappa shape index (κ1) is 21.2. The molecule has 156 valence electrons. The van der Waals surface area contributed by atoms with Crippen molar-refractivity contribution in [3.63, 3.8) is 0 Å². The van der Waals surface area contributed by atoms with Gasteiger partial charge in [-0.1, -0.05) is 18.2 Å². The predicted octanol–water partition coefficient (Wildman–Crippen LogP) is 3.80. The monoisotopic (exact) mass is 408 g/mol. The van der Waals surface area contributed by atoms with Crippen LogP contribution in [0.1, 0.15) is 54.6 Å². The van der Waals surface area contributed by atoms with E-state index in [0.29, 0.717) is 28.7 Å². The van der Waals surface area contributed by atoms with E-state index in [2.05, 4.69) is 5.10 Å². The highest BCUT2D eigenvalue weighted by molar-refractivity contribution is 6.05. The molecule has 1 aromatic heterocycles. The Morgan fingerprint density at radius 2 is 1.63 bits per heavy atom. The average molecular weight is 408 g/mol. The lowest BCUT2D eigenvalue weighted by Gasteiger charge is -2.15. The number of nitrogens with zero attached hydrogens (tertiary/aromatic N) is 2. The second-order valence-electron chi connectivity index (χ2n) is 7.11. The number of fused-ring (bicyclic) bond motifs is 1. The minimum atomic E-state index is -1.02. The first-order valence-electron chi connectivity index (χ1n) is 9.83. The Kier molecular flexibility index (Phi) is 6.30. The van der Waals surface area contributed by atoms with Crippen LogP contribution in [0.15, 0.2) is 53.3 Å². The molecule has 0 saturated carbocycles. The number of rotatable bonds is 7. The van der Waals surface area contributed by atoms with Crippen molar-refractivity contribution in [3.8, 4) is 5.75 Å². The standard InChI is InChI=1S/C23H24N2O5/c1-5-29-17-12-10-16(11-13-17)21(26)15(4)30-23(28)20-18-8-6-7-9-19(18)22(27)25(24-20)14(2)3/h6-15H,5H2,1-4H3/t15-/m1/s1. The van der Waals surface area contributed by atoms with E-state index in [9.17, 15) is 14.4 Å². The number of benzene rings is 2. The smallest absolute Gasteiger partial charge is 0.360 e. The number of hydrogen-bond acceptors (Lipinski definition) is 6. The maximum atomic E-state index is 12.9. The summed E-state index contributed by atoms with van der Waals surface area (Å²) >= 11 is 0. The van der Waals surface area contributed by atoms with E-state index >= 15 is 0 Å². The number of carbonyl (C=O) groups is 2. The Morgan fingerprint density at radius 3 is 2.23 bits per heavy atom. The van der Waals surface area contributed by atoms with Crippen LogP contribution >= 0.6 is 0 Å². The number of esters is 1. The van der Waals surface area contributed by atoms with Crippen LogP contribution in [-0.2, 0) is 4.74 Å². The second kappa shape index (κ2) is 8.90. The molecule has 3 rings (SSSR count). The van der Waals surface area contributed by atoms with Crippen molar-refractivity contribution >= 4 is 22.5 Å². The molecule has 0 spiro atoms. The van der Waals surface area contributed by atoms with E-state index in [-0.39, 0.29) is 23.1 Å². The van der Waals surface area contributed by atoms with Gasteiger partial charge >= 0.3 is 5.97 Å². The number of Topliss-reactive ketones (excluding diaryl/α,β-unsaturated/α-hetero) is 1. The van der Waals surface area contributed by atoms with E-state index in [1.807, 2.05) is 6.92 Å². The van der Waals surface area contributed by atoms with Gasteiger partial charge in [0, 0.05) is 10.9 Å². The zero-order valence-electron chi connectivity index (χ0n) is 17.4. The van der Waals surface area contributed by atoms with Gasteiger partial charge in [0.15, 0.2) is 11.8 Å². The first-order valence-corrected chi connectivity index (χ1v) is 9.83. The Bertz CT molecular complexity index is 1130. The number of hydrogen-bond donors (Lipinski definition) is 0. The van der Waals surface area contributed by atoms with Gasteiger partial charge in [-0.15, -0.1) is 0 Å². The molecular weight excluding hydrogens is 384 g/mol. The van der Waals surface area contributed by atoms with Crippen LogP contribution in [0.3, 0.4) is 0 Å². The molecule has 0 radical (unpaired) electrons. The molecule has 1 heterocycles. The van der Waals surface area contributed by atoms with Crippen molar-refractivity contribution in [2.75, 3.05) is 6.61 Å². The van der Waals surface area contributed by atoms with Gasteiger partial charge in [0.05, 0.1) is 18.0 Å². The average Bonchev–Trinajstić information content (AvgIpc) is 2.74. The molecule has 0 aliphatic rings. The van der Waals surface area contributed by atoms with Gasteiger partial charge in [-0.2, -0.15) is 5.10 Å². The molecule has 30 heavy (non-hydrogen) atoms. The van der Waals surface area contributed by atoms with Gasteiger partial charge in [-0.25, -0.2) is 9.48 Å². The summed E-state index contributed by atoms with van der Waals surface area (Å²) in [6.07, 6.45) is -1.02. The summed E-state index contributed by atoms with van der Waals surface area (Å²) in [5, 5.41) is 4.99. The largest absolute Gasteiger partial charge is 0.494 e. The molecule has 0 N–H and O–H groups in total. The van der Waals surface area contributed by atoms with Crippen LogP contribution in [0.5, 0.6) is 5.75 Å². The summed E-state index contributed by atoms with van der Waals surface area (Å²) in [6, 6.07) is 13.1. The molecule has 7 heteroatoms. The first-order chi connectivity index (χ1) is 14.3. The van der Waals surface area contributed by atoms with Crippen molar-refractivity contribution < 1.29 is 19.1 Å². The zero-order valence-corrected chi connectivity index (χ0v) is 17.4. The van der Waals surface area contributed by atoms with E-state index < -0.39 is 12.1 Å². The fraction of sp³-hybridized carbons (Fsp3) is 0.304. The fourth-order valence-electron chi connectivity index (χ4n) is 3.09. The Balaban J connectivity index is 1.88. The summed E-state index contributed by atoms with van der Waals surface area (Å²) in [5.74, 6) is -0.439. The van der Waals surface area contributed by atoms with Crippen molar-refractivity contribution in [1.29, 1.82) is 0 Å². The molecule has 0 amide bonds. The SMILES string of the molecule is CCOc1ccc(C(=O)[C@@H](C)OC(=O)c2nn(C(C)C)c(=O)c3ccccc23)cc1. The molecule has 0 unspecified atom stereocenters. The van der Waals surface area contributed by atoms with Crippen LogP contribution in [0.25, 0.3) is 10.8 Å². The van der Waals surface area contributed by atoms with E-state index in [1.54, 1.807) is 62.4 Å². The molecule has 0 bridgehead atoms. The van der Waals surface area contributed by atoms with Crippen molar-refractivity contribution in [1.82, 2.24) is 9.78 Å². The van der Waals surface area contributed by atoms with Gasteiger partial charge in [0.2, 0.25) is 5.78 Å². The highest BCUT2D eigenvalue weighted by Gasteiger charge is 2.24. The normalized spacial score (nSPS) is 12.0. The minimum absolute atomic E-state index is 0.00486. The quantitative estimate of drug-likeness (QED) is 0.436. The van der Waals surface area contributed by atoms with Crippen molar-refractivity contribution in [2.24, 2.45) is 0 Å². The summed E-state index contributed by atoms with van der Waals surface area (Å²) in [6.45, 7) is 7.52. The molecule has 3 aromatic rings. The van der Waals surface area contributed by atoms with Gasteiger partial charge in [0.25, 0.3) is 5.56 Å². The summed E-state index contributed by atoms with van der Waals surface area (Å²) in [7, 11) is 0. The predicted molar refractivity (Wildman–Crippen MR) is 113 cm³/mol. The number of ketones is 1. The number of ether oxygens (including phenoxy) is 2. The zero-order chi connectivity index (χ0) is 21.8. The summed E-state index contributed by atoms with van der Waals surface area (Å²) in [4.78, 5) is 38.2. The molecule has 7 nitrogen and oxygen atoms in total. The van der Waals surface area contributed by atoms with Gasteiger partial charge < -0.3 is 9.47 Å². The van der Waals surface area contributed by atoms with Crippen molar-refractivity contribution in [2.45, 2.75) is 39.8 Å². The van der Waals surface area contributed by atoms with E-state index in [1.165, 1.54) is 11.6 Å². The van der Waals surface area contributed by atoms with Crippen LogP contribution in [0.4, 0.5) is 0 Å². The Morgan fingerprint density at radius 1 is 1.00 bits per heavy atom. The highest BCUT2D eigenvalue weighted by atomic mass is 16.5. The lowest BCUT2D eigenvalue weighted by Crippen LogP contribution is -2.30. The molecule has 1 atom stereocenters. The molecule has 0 saturated heterocycles. The third-order valence-corrected chi connectivity index (χ3v) is 4.61. The number of carbonyl (C=O) groups excluding carboxylic acids is 2. The van der Waals surface area contributed by atoms with Crippen molar-refractivity contribution in [3.05, 3.63) is 70.1 Å². The number of aromatic nitrogens is 2. The molecule has 0 fully saturated rings. The van der Waals surface area contributed by atoms with E-state index in [0.717, 1.165) is 0 Å². The van der Waals surface area contributed by atoms with Gasteiger partial charge in [-0.05, 0) is 58.0 Å². The third-order valence-electron chi connectivity index (χ3n) is 4.61. The topological polar surface area (TPSA) is 87.5 Å². The fourth-order valence-corrected chi connectivity index (χ4v) is 3.09. The molecule has 0 aliphatic heterocycles. The third kappa shape index (κ3) is 4.25. The van der Waals surface area contributed by atoms with E-state index in [4.69, 9.17) is 9.47 Å². The molecule has 2 aromatic carbocycles.